The Bertz CT molecular complexity index is 1090. The molecule has 1 aromatic carbocycles. The number of nitrogens with one attached hydrogen (secondary N) is 2. The number of carbonyl (C=O) groups excluding carboxylic acids is 1. The van der Waals surface area contributed by atoms with E-state index < -0.39 is 9.84 Å². The van der Waals surface area contributed by atoms with Crippen molar-refractivity contribution in [2.75, 3.05) is 30.4 Å². The Morgan fingerprint density at radius 3 is 2.47 bits per heavy atom. The van der Waals surface area contributed by atoms with Gasteiger partial charge in [0.15, 0.2) is 15.7 Å². The van der Waals surface area contributed by atoms with E-state index in [9.17, 15) is 13.2 Å². The topological polar surface area (TPSA) is 114 Å². The van der Waals surface area contributed by atoms with Crippen LogP contribution >= 0.6 is 0 Å². The summed E-state index contributed by atoms with van der Waals surface area (Å²) >= 11 is 0. The molecule has 2 amide bonds. The van der Waals surface area contributed by atoms with Crippen LogP contribution in [0.25, 0.3) is 11.4 Å². The first-order chi connectivity index (χ1) is 14.4. The Morgan fingerprint density at radius 2 is 1.80 bits per heavy atom. The molecular formula is C20H23N5O4S. The fourth-order valence-electron chi connectivity index (χ4n) is 4.34. The smallest absolute Gasteiger partial charge is 0.318 e. The third kappa shape index (κ3) is 3.61. The van der Waals surface area contributed by atoms with E-state index in [1.807, 2.05) is 12.1 Å². The molecule has 2 aromatic rings. The molecule has 4 heterocycles. The molecule has 0 saturated carbocycles. The number of sulfone groups is 1. The number of hydrogen-bond acceptors (Lipinski definition) is 7. The number of urea groups is 1. The standard InChI is InChI=1S/C20H23N5O4S/c1-21-20(26)22-13-4-2-12(3-5-13)18-23-17-11-30(27,28)10-16(17)19(24-18)25-8-14-6-7-15(9-25)29-14/h2-5,14-15H,6-11H2,1H3,(H2,21,22,26). The monoisotopic (exact) mass is 429 g/mol. The van der Waals surface area contributed by atoms with Gasteiger partial charge in [0.1, 0.15) is 5.82 Å². The summed E-state index contributed by atoms with van der Waals surface area (Å²) in [5.41, 5.74) is 2.72. The van der Waals surface area contributed by atoms with Crippen LogP contribution < -0.4 is 15.5 Å². The molecule has 3 aliphatic heterocycles. The van der Waals surface area contributed by atoms with Crippen molar-refractivity contribution in [2.45, 2.75) is 36.6 Å². The summed E-state index contributed by atoms with van der Waals surface area (Å²) in [5.74, 6) is 1.13. The minimum absolute atomic E-state index is 0.0143. The highest BCUT2D eigenvalue weighted by Gasteiger charge is 2.38. The van der Waals surface area contributed by atoms with Crippen molar-refractivity contribution >= 4 is 27.4 Å². The van der Waals surface area contributed by atoms with Crippen LogP contribution in [0.5, 0.6) is 0 Å². The first-order valence-corrected chi connectivity index (χ1v) is 11.8. The number of rotatable bonds is 3. The lowest BCUT2D eigenvalue weighted by Crippen LogP contribution is -2.43. The second-order valence-electron chi connectivity index (χ2n) is 7.97. The Kier molecular flexibility index (Phi) is 4.62. The van der Waals surface area contributed by atoms with Crippen LogP contribution in [0.4, 0.5) is 16.3 Å². The molecule has 158 valence electrons. The maximum atomic E-state index is 12.3. The molecule has 9 nitrogen and oxygen atoms in total. The van der Waals surface area contributed by atoms with E-state index in [0.717, 1.165) is 24.0 Å². The van der Waals surface area contributed by atoms with E-state index in [2.05, 4.69) is 20.5 Å². The number of benzene rings is 1. The number of ether oxygens (including phenoxy) is 1. The van der Waals surface area contributed by atoms with Crippen molar-refractivity contribution in [3.63, 3.8) is 0 Å². The van der Waals surface area contributed by atoms with Crippen molar-refractivity contribution < 1.29 is 17.9 Å². The highest BCUT2D eigenvalue weighted by Crippen LogP contribution is 2.36. The molecule has 2 unspecified atom stereocenters. The lowest BCUT2D eigenvalue weighted by Gasteiger charge is -2.34. The van der Waals surface area contributed by atoms with Gasteiger partial charge in [0.05, 0.1) is 29.4 Å². The fourth-order valence-corrected chi connectivity index (χ4v) is 5.83. The number of hydrogen-bond donors (Lipinski definition) is 2. The first-order valence-electron chi connectivity index (χ1n) is 10.00. The Hall–Kier alpha value is -2.72. The Morgan fingerprint density at radius 1 is 1.10 bits per heavy atom. The van der Waals surface area contributed by atoms with Crippen molar-refractivity contribution in [2.24, 2.45) is 0 Å². The van der Waals surface area contributed by atoms with Crippen molar-refractivity contribution in [3.8, 4) is 11.4 Å². The van der Waals surface area contributed by atoms with E-state index in [1.54, 1.807) is 19.2 Å². The summed E-state index contributed by atoms with van der Waals surface area (Å²) in [6.07, 6.45) is 2.40. The van der Waals surface area contributed by atoms with Crippen LogP contribution in [0.2, 0.25) is 0 Å². The number of amides is 2. The van der Waals surface area contributed by atoms with Gasteiger partial charge >= 0.3 is 6.03 Å². The number of morpholine rings is 1. The quantitative estimate of drug-likeness (QED) is 0.763. The minimum atomic E-state index is -3.21. The molecule has 2 atom stereocenters. The lowest BCUT2D eigenvalue weighted by molar-refractivity contribution is 0.0302. The zero-order chi connectivity index (χ0) is 20.9. The molecular weight excluding hydrogens is 406 g/mol. The lowest BCUT2D eigenvalue weighted by atomic mass is 10.1. The van der Waals surface area contributed by atoms with E-state index in [4.69, 9.17) is 9.72 Å². The van der Waals surface area contributed by atoms with Crippen LogP contribution in [-0.2, 0) is 26.1 Å². The summed E-state index contributed by atoms with van der Waals surface area (Å²) in [6, 6.07) is 6.89. The van der Waals surface area contributed by atoms with Crippen LogP contribution in [0.3, 0.4) is 0 Å². The van der Waals surface area contributed by atoms with Gasteiger partial charge in [-0.1, -0.05) is 0 Å². The number of carbonyl (C=O) groups is 1. The molecule has 2 N–H and O–H groups in total. The highest BCUT2D eigenvalue weighted by atomic mass is 32.2. The molecule has 10 heteroatoms. The average molecular weight is 430 g/mol. The third-order valence-corrected chi connectivity index (χ3v) is 7.20. The van der Waals surface area contributed by atoms with Gasteiger partial charge in [0.25, 0.3) is 0 Å². The van der Waals surface area contributed by atoms with Gasteiger partial charge in [-0.25, -0.2) is 23.2 Å². The third-order valence-electron chi connectivity index (χ3n) is 5.76. The molecule has 30 heavy (non-hydrogen) atoms. The van der Waals surface area contributed by atoms with Gasteiger partial charge in [-0.15, -0.1) is 0 Å². The van der Waals surface area contributed by atoms with E-state index in [1.165, 1.54) is 0 Å². The van der Waals surface area contributed by atoms with E-state index in [0.29, 0.717) is 36.1 Å². The van der Waals surface area contributed by atoms with E-state index >= 15 is 0 Å². The van der Waals surface area contributed by atoms with Gasteiger partial charge < -0.3 is 20.3 Å². The van der Waals surface area contributed by atoms with Crippen molar-refractivity contribution in [1.29, 1.82) is 0 Å². The van der Waals surface area contributed by atoms with Gasteiger partial charge in [0.2, 0.25) is 0 Å². The molecule has 2 saturated heterocycles. The summed E-state index contributed by atoms with van der Waals surface area (Å²) in [6.45, 7) is 1.43. The minimum Gasteiger partial charge on any atom is -0.371 e. The normalized spacial score (nSPS) is 23.8. The molecule has 5 rings (SSSR count). The predicted octanol–water partition coefficient (Wildman–Crippen LogP) is 1.69. The summed E-state index contributed by atoms with van der Waals surface area (Å²) in [4.78, 5) is 23.0. The average Bonchev–Trinajstić information content (AvgIpc) is 3.23. The van der Waals surface area contributed by atoms with Crippen molar-refractivity contribution in [1.82, 2.24) is 15.3 Å². The largest absolute Gasteiger partial charge is 0.371 e. The number of fused-ring (bicyclic) bond motifs is 3. The number of anilines is 2. The molecule has 2 fully saturated rings. The number of aromatic nitrogens is 2. The summed E-state index contributed by atoms with van der Waals surface area (Å²) in [7, 11) is -1.66. The fraction of sp³-hybridized carbons (Fsp3) is 0.450. The zero-order valence-corrected chi connectivity index (χ0v) is 17.4. The molecule has 1 aromatic heterocycles. The van der Waals surface area contributed by atoms with Gasteiger partial charge in [-0.05, 0) is 37.1 Å². The van der Waals surface area contributed by atoms with Gasteiger partial charge in [-0.3, -0.25) is 0 Å². The van der Waals surface area contributed by atoms with Crippen LogP contribution in [0.1, 0.15) is 24.1 Å². The maximum absolute atomic E-state index is 12.3. The van der Waals surface area contributed by atoms with Crippen molar-refractivity contribution in [3.05, 3.63) is 35.5 Å². The predicted molar refractivity (Wildman–Crippen MR) is 112 cm³/mol. The number of nitrogens with zero attached hydrogens (tertiary/aromatic N) is 3. The second-order valence-corrected chi connectivity index (χ2v) is 10.0. The summed E-state index contributed by atoms with van der Waals surface area (Å²) in [5, 5.41) is 5.21. The van der Waals surface area contributed by atoms with Gasteiger partial charge in [0, 0.05) is 37.0 Å². The zero-order valence-electron chi connectivity index (χ0n) is 16.6. The van der Waals surface area contributed by atoms with Crippen LogP contribution in [-0.4, -0.2) is 56.8 Å². The second kappa shape index (κ2) is 7.21. The van der Waals surface area contributed by atoms with E-state index in [-0.39, 0.29) is 29.7 Å². The Labute approximate surface area is 174 Å². The van der Waals surface area contributed by atoms with Crippen LogP contribution in [0.15, 0.2) is 24.3 Å². The summed E-state index contributed by atoms with van der Waals surface area (Å²) < 4.78 is 30.6. The first kappa shape index (κ1) is 19.3. The molecule has 0 aliphatic carbocycles. The molecule has 0 spiro atoms. The van der Waals surface area contributed by atoms with Crippen LogP contribution in [0, 0.1) is 0 Å². The Balaban J connectivity index is 1.51. The molecule has 0 radical (unpaired) electrons. The highest BCUT2D eigenvalue weighted by molar-refractivity contribution is 7.90. The maximum Gasteiger partial charge on any atom is 0.318 e. The molecule has 2 bridgehead atoms. The molecule has 3 aliphatic rings. The van der Waals surface area contributed by atoms with Gasteiger partial charge in [-0.2, -0.15) is 0 Å². The SMILES string of the molecule is CNC(=O)Nc1ccc(-c2nc3c(c(N4CC5CCC(C4)O5)n2)CS(=O)(=O)C3)cc1.